The van der Waals surface area contributed by atoms with Gasteiger partial charge in [-0.25, -0.2) is 4.98 Å². The molecular weight excluding hydrogens is 316 g/mol. The van der Waals surface area contributed by atoms with E-state index in [1.807, 2.05) is 35.0 Å². The van der Waals surface area contributed by atoms with Crippen LogP contribution in [0, 0.1) is 5.92 Å². The number of carbonyl (C=O) groups excluding carboxylic acids is 1. The van der Waals surface area contributed by atoms with Gasteiger partial charge in [0, 0.05) is 64.4 Å². The number of carbonyl (C=O) groups is 1. The molecule has 1 saturated carbocycles. The average molecular weight is 342 g/mol. The summed E-state index contributed by atoms with van der Waals surface area (Å²) in [7, 11) is 2.00. The summed E-state index contributed by atoms with van der Waals surface area (Å²) < 4.78 is 7.93. The number of hydrogen-bond donors (Lipinski definition) is 0. The van der Waals surface area contributed by atoms with Crippen LogP contribution in [0.25, 0.3) is 0 Å². The normalized spacial score (nSPS) is 23.1. The molecule has 2 atom stereocenters. The van der Waals surface area contributed by atoms with E-state index in [0.717, 1.165) is 49.6 Å². The Hall–Kier alpha value is -2.24. The minimum atomic E-state index is 0.220. The van der Waals surface area contributed by atoms with Crippen LogP contribution < -0.4 is 4.90 Å². The molecule has 25 heavy (non-hydrogen) atoms. The molecule has 6 heteroatoms. The van der Waals surface area contributed by atoms with Crippen LogP contribution in [0.3, 0.4) is 0 Å². The number of aryl methyl sites for hydroxylation is 2. The summed E-state index contributed by atoms with van der Waals surface area (Å²) in [5, 5.41) is 0. The van der Waals surface area contributed by atoms with Crippen molar-refractivity contribution in [2.45, 2.75) is 32.1 Å². The number of nitrogens with zero attached hydrogens (tertiary/aromatic N) is 4. The topological polar surface area (TPSA) is 54.5 Å². The van der Waals surface area contributed by atoms with E-state index in [1.165, 1.54) is 6.42 Å². The summed E-state index contributed by atoms with van der Waals surface area (Å²) in [5.41, 5.74) is 0. The summed E-state index contributed by atoms with van der Waals surface area (Å²) in [6.07, 6.45) is 6.21. The van der Waals surface area contributed by atoms with Gasteiger partial charge in [-0.05, 0) is 24.5 Å². The van der Waals surface area contributed by atoms with E-state index >= 15 is 0 Å². The summed E-state index contributed by atoms with van der Waals surface area (Å²) in [6, 6.07) is 4.12. The second kappa shape index (κ2) is 6.58. The molecule has 2 aromatic rings. The first kappa shape index (κ1) is 16.2. The van der Waals surface area contributed by atoms with Crippen molar-refractivity contribution in [1.29, 1.82) is 0 Å². The first-order valence-electron chi connectivity index (χ1n) is 9.20. The standard InChI is InChI=1S/C19H26N4O2/c1-14-13-16(14)17-5-3-15(25-17)4-6-18(24)22-9-11-23(12-10-22)19-20-7-8-21(19)2/h3,5,7-8,14,16H,4,6,9-13H2,1-2H3/t14-,16-/m1/s1. The van der Waals surface area contributed by atoms with Gasteiger partial charge < -0.3 is 18.8 Å². The fourth-order valence-corrected chi connectivity index (χ4v) is 3.65. The Labute approximate surface area is 148 Å². The van der Waals surface area contributed by atoms with E-state index < -0.39 is 0 Å². The molecule has 2 aromatic heterocycles. The summed E-state index contributed by atoms with van der Waals surface area (Å²) in [4.78, 5) is 21.1. The number of piperazine rings is 1. The number of furan rings is 1. The molecule has 3 heterocycles. The molecule has 1 saturated heterocycles. The molecule has 2 fully saturated rings. The third-order valence-corrected chi connectivity index (χ3v) is 5.45. The van der Waals surface area contributed by atoms with Crippen LogP contribution in [0.1, 0.15) is 37.2 Å². The average Bonchev–Trinajstić information content (AvgIpc) is 3.01. The Kier molecular flexibility index (Phi) is 4.27. The van der Waals surface area contributed by atoms with Crippen molar-refractivity contribution >= 4 is 11.9 Å². The quantitative estimate of drug-likeness (QED) is 0.837. The van der Waals surface area contributed by atoms with Crippen LogP contribution in [-0.2, 0) is 18.3 Å². The van der Waals surface area contributed by atoms with Gasteiger partial charge in [-0.2, -0.15) is 0 Å². The van der Waals surface area contributed by atoms with Crippen LogP contribution in [0.5, 0.6) is 0 Å². The third-order valence-electron chi connectivity index (χ3n) is 5.45. The molecule has 0 unspecified atom stereocenters. The highest BCUT2D eigenvalue weighted by Crippen LogP contribution is 2.47. The molecule has 4 rings (SSSR count). The Bertz CT molecular complexity index is 742. The Balaban J connectivity index is 1.25. The monoisotopic (exact) mass is 342 g/mol. The van der Waals surface area contributed by atoms with Crippen molar-refractivity contribution in [3.05, 3.63) is 36.0 Å². The molecule has 0 radical (unpaired) electrons. The molecule has 0 spiro atoms. The van der Waals surface area contributed by atoms with Gasteiger partial charge in [0.25, 0.3) is 0 Å². The first-order valence-corrected chi connectivity index (χ1v) is 9.20. The third kappa shape index (κ3) is 3.43. The molecule has 0 aromatic carbocycles. The molecule has 134 valence electrons. The number of aromatic nitrogens is 2. The molecular formula is C19H26N4O2. The van der Waals surface area contributed by atoms with Crippen molar-refractivity contribution in [3.63, 3.8) is 0 Å². The minimum Gasteiger partial charge on any atom is -0.466 e. The van der Waals surface area contributed by atoms with Crippen LogP contribution in [0.4, 0.5) is 5.95 Å². The summed E-state index contributed by atoms with van der Waals surface area (Å²) in [6.45, 7) is 5.44. The van der Waals surface area contributed by atoms with E-state index in [-0.39, 0.29) is 5.91 Å². The van der Waals surface area contributed by atoms with E-state index in [0.29, 0.717) is 18.8 Å². The van der Waals surface area contributed by atoms with Gasteiger partial charge in [-0.1, -0.05) is 6.92 Å². The van der Waals surface area contributed by atoms with Gasteiger partial charge in [0.15, 0.2) is 0 Å². The van der Waals surface area contributed by atoms with Gasteiger partial charge in [-0.15, -0.1) is 0 Å². The highest BCUT2D eigenvalue weighted by atomic mass is 16.3. The highest BCUT2D eigenvalue weighted by molar-refractivity contribution is 5.76. The first-order chi connectivity index (χ1) is 12.1. The number of rotatable bonds is 5. The van der Waals surface area contributed by atoms with Crippen LogP contribution in [0.15, 0.2) is 28.9 Å². The molecule has 1 aliphatic heterocycles. The second-order valence-electron chi connectivity index (χ2n) is 7.33. The Morgan fingerprint density at radius 2 is 2.04 bits per heavy atom. The van der Waals surface area contributed by atoms with Gasteiger partial charge in [0.05, 0.1) is 0 Å². The van der Waals surface area contributed by atoms with Crippen molar-refractivity contribution in [2.24, 2.45) is 13.0 Å². The second-order valence-corrected chi connectivity index (χ2v) is 7.33. The van der Waals surface area contributed by atoms with Crippen molar-refractivity contribution in [1.82, 2.24) is 14.5 Å². The summed E-state index contributed by atoms with van der Waals surface area (Å²) in [5.74, 6) is 4.58. The summed E-state index contributed by atoms with van der Waals surface area (Å²) >= 11 is 0. The number of anilines is 1. The lowest BCUT2D eigenvalue weighted by atomic mass is 10.2. The van der Waals surface area contributed by atoms with Gasteiger partial charge in [-0.3, -0.25) is 4.79 Å². The van der Waals surface area contributed by atoms with Crippen LogP contribution in [-0.4, -0.2) is 46.5 Å². The fourth-order valence-electron chi connectivity index (χ4n) is 3.65. The van der Waals surface area contributed by atoms with Crippen LogP contribution in [0.2, 0.25) is 0 Å². The number of imidazole rings is 1. The fraction of sp³-hybridized carbons (Fsp3) is 0.579. The molecule has 6 nitrogen and oxygen atoms in total. The van der Waals surface area contributed by atoms with E-state index in [9.17, 15) is 4.79 Å². The number of amides is 1. The van der Waals surface area contributed by atoms with E-state index in [2.05, 4.69) is 22.9 Å². The van der Waals surface area contributed by atoms with Crippen molar-refractivity contribution < 1.29 is 9.21 Å². The maximum absolute atomic E-state index is 12.5. The predicted octanol–water partition coefficient (Wildman–Crippen LogP) is 2.42. The predicted molar refractivity (Wildman–Crippen MR) is 95.6 cm³/mol. The molecule has 0 bridgehead atoms. The maximum Gasteiger partial charge on any atom is 0.223 e. The lowest BCUT2D eigenvalue weighted by molar-refractivity contribution is -0.131. The maximum atomic E-state index is 12.5. The smallest absolute Gasteiger partial charge is 0.223 e. The zero-order valence-electron chi connectivity index (χ0n) is 15.0. The van der Waals surface area contributed by atoms with Crippen molar-refractivity contribution in [2.75, 3.05) is 31.1 Å². The molecule has 1 amide bonds. The Morgan fingerprint density at radius 1 is 1.28 bits per heavy atom. The zero-order valence-corrected chi connectivity index (χ0v) is 15.0. The molecule has 2 aliphatic rings. The number of hydrogen-bond acceptors (Lipinski definition) is 4. The van der Waals surface area contributed by atoms with Gasteiger partial charge in [0.1, 0.15) is 11.5 Å². The Morgan fingerprint density at radius 3 is 2.68 bits per heavy atom. The van der Waals surface area contributed by atoms with E-state index in [4.69, 9.17) is 4.42 Å². The lowest BCUT2D eigenvalue weighted by Crippen LogP contribution is -2.49. The van der Waals surface area contributed by atoms with Crippen LogP contribution >= 0.6 is 0 Å². The molecule has 0 N–H and O–H groups in total. The van der Waals surface area contributed by atoms with Gasteiger partial charge in [0.2, 0.25) is 11.9 Å². The molecule has 1 aliphatic carbocycles. The lowest BCUT2D eigenvalue weighted by Gasteiger charge is -2.35. The largest absolute Gasteiger partial charge is 0.466 e. The zero-order chi connectivity index (χ0) is 17.4. The van der Waals surface area contributed by atoms with Crippen molar-refractivity contribution in [3.8, 4) is 0 Å². The SMILES string of the molecule is C[C@@H]1C[C@H]1c1ccc(CCC(=O)N2CCN(c3nccn3C)CC2)o1. The van der Waals surface area contributed by atoms with Gasteiger partial charge >= 0.3 is 0 Å². The minimum absolute atomic E-state index is 0.220. The highest BCUT2D eigenvalue weighted by Gasteiger charge is 2.36. The van der Waals surface area contributed by atoms with E-state index in [1.54, 1.807) is 0 Å².